The number of carbonyl (C=O) groups excluding carboxylic acids is 1. The number of nitrogens with one attached hydrogen (secondary N) is 3. The molecule has 0 saturated carbocycles. The SMILES string of the molecule is Cc1cc(CNC(=O)C2NCCc3[nH]cnc32)c(C(F)(F)F)o1.Cl.Cl. The predicted octanol–water partition coefficient (Wildman–Crippen LogP) is 2.68. The van der Waals surface area contributed by atoms with Gasteiger partial charge in [0.05, 0.1) is 12.0 Å². The van der Waals surface area contributed by atoms with Gasteiger partial charge in [-0.05, 0) is 13.0 Å². The van der Waals surface area contributed by atoms with Crippen LogP contribution in [0.15, 0.2) is 16.8 Å². The van der Waals surface area contributed by atoms with Crippen LogP contribution in [0.3, 0.4) is 0 Å². The second kappa shape index (κ2) is 8.11. The highest BCUT2D eigenvalue weighted by molar-refractivity contribution is 5.85. The number of halogens is 5. The van der Waals surface area contributed by atoms with Crippen molar-refractivity contribution in [2.24, 2.45) is 0 Å². The number of fused-ring (bicyclic) bond motifs is 1. The second-order valence-electron chi connectivity index (χ2n) is 5.33. The lowest BCUT2D eigenvalue weighted by Crippen LogP contribution is -2.41. The van der Waals surface area contributed by atoms with Crippen molar-refractivity contribution in [2.75, 3.05) is 6.54 Å². The van der Waals surface area contributed by atoms with E-state index in [0.29, 0.717) is 12.2 Å². The number of furan rings is 1. The molecule has 1 atom stereocenters. The number of aromatic nitrogens is 2. The van der Waals surface area contributed by atoms with Crippen LogP contribution in [0.25, 0.3) is 0 Å². The zero-order valence-corrected chi connectivity index (χ0v) is 14.7. The molecular weight excluding hydrogens is 384 g/mol. The molecule has 0 radical (unpaired) electrons. The molecule has 140 valence electrons. The molecule has 25 heavy (non-hydrogen) atoms. The predicted molar refractivity (Wildman–Crippen MR) is 87.8 cm³/mol. The Morgan fingerprint density at radius 3 is 2.84 bits per heavy atom. The molecule has 3 N–H and O–H groups in total. The van der Waals surface area contributed by atoms with Gasteiger partial charge in [0.2, 0.25) is 11.7 Å². The number of aromatic amines is 1. The molecule has 3 rings (SSSR count). The highest BCUT2D eigenvalue weighted by Gasteiger charge is 2.38. The number of hydrogen-bond donors (Lipinski definition) is 3. The van der Waals surface area contributed by atoms with Gasteiger partial charge in [0, 0.05) is 30.8 Å². The lowest BCUT2D eigenvalue weighted by Gasteiger charge is -2.22. The van der Waals surface area contributed by atoms with E-state index >= 15 is 0 Å². The monoisotopic (exact) mass is 400 g/mol. The normalized spacial score (nSPS) is 16.4. The first-order valence-electron chi connectivity index (χ1n) is 7.06. The number of hydrogen-bond acceptors (Lipinski definition) is 4. The van der Waals surface area contributed by atoms with Gasteiger partial charge in [-0.2, -0.15) is 13.2 Å². The van der Waals surface area contributed by atoms with Crippen molar-refractivity contribution < 1.29 is 22.4 Å². The number of rotatable bonds is 3. The number of alkyl halides is 3. The average Bonchev–Trinajstić information content (AvgIpc) is 3.09. The Hall–Kier alpha value is -1.71. The zero-order chi connectivity index (χ0) is 16.6. The van der Waals surface area contributed by atoms with E-state index < -0.39 is 23.9 Å². The summed E-state index contributed by atoms with van der Waals surface area (Å²) >= 11 is 0. The van der Waals surface area contributed by atoms with E-state index in [-0.39, 0.29) is 42.7 Å². The van der Waals surface area contributed by atoms with Crippen LogP contribution in [-0.2, 0) is 23.9 Å². The van der Waals surface area contributed by atoms with Crippen LogP contribution >= 0.6 is 24.8 Å². The van der Waals surface area contributed by atoms with E-state index in [1.165, 1.54) is 19.3 Å². The maximum atomic E-state index is 12.9. The first-order chi connectivity index (χ1) is 10.9. The number of H-pyrrole nitrogens is 1. The molecule has 0 fully saturated rings. The van der Waals surface area contributed by atoms with Crippen molar-refractivity contribution in [2.45, 2.75) is 32.1 Å². The number of nitrogens with zero attached hydrogens (tertiary/aromatic N) is 1. The van der Waals surface area contributed by atoms with Gasteiger partial charge >= 0.3 is 6.18 Å². The van der Waals surface area contributed by atoms with E-state index in [9.17, 15) is 18.0 Å². The summed E-state index contributed by atoms with van der Waals surface area (Å²) in [5, 5.41) is 5.52. The standard InChI is InChI=1S/C14H15F3N4O2.2ClH/c1-7-4-8(12(23-7)14(15,16)17)5-19-13(22)11-10-9(2-3-18-11)20-6-21-10;;/h4,6,11,18H,2-3,5H2,1H3,(H,19,22)(H,20,21);2*1H. The van der Waals surface area contributed by atoms with Crippen molar-refractivity contribution in [3.05, 3.63) is 40.9 Å². The van der Waals surface area contributed by atoms with Gasteiger partial charge in [-0.25, -0.2) is 4.98 Å². The molecule has 2 aromatic rings. The summed E-state index contributed by atoms with van der Waals surface area (Å²) in [7, 11) is 0. The third-order valence-corrected chi connectivity index (χ3v) is 3.65. The van der Waals surface area contributed by atoms with Gasteiger partial charge in [-0.1, -0.05) is 0 Å². The summed E-state index contributed by atoms with van der Waals surface area (Å²) in [6.07, 6.45) is -2.37. The Balaban J connectivity index is 0.00000156. The van der Waals surface area contributed by atoms with Gasteiger partial charge < -0.3 is 20.0 Å². The fourth-order valence-electron chi connectivity index (χ4n) is 2.66. The molecule has 3 heterocycles. The van der Waals surface area contributed by atoms with Crippen LogP contribution < -0.4 is 10.6 Å². The Morgan fingerprint density at radius 1 is 1.44 bits per heavy atom. The van der Waals surface area contributed by atoms with Crippen LogP contribution in [0, 0.1) is 6.92 Å². The molecule has 0 aromatic carbocycles. The van der Waals surface area contributed by atoms with E-state index in [0.717, 1.165) is 12.1 Å². The van der Waals surface area contributed by atoms with Gasteiger partial charge in [-0.15, -0.1) is 24.8 Å². The quantitative estimate of drug-likeness (QED) is 0.739. The lowest BCUT2D eigenvalue weighted by atomic mass is 10.0. The summed E-state index contributed by atoms with van der Waals surface area (Å²) in [4.78, 5) is 19.3. The number of aryl methyl sites for hydroxylation is 1. The topological polar surface area (TPSA) is 83.0 Å². The number of carbonyl (C=O) groups is 1. The maximum Gasteiger partial charge on any atom is 0.449 e. The molecule has 6 nitrogen and oxygen atoms in total. The van der Waals surface area contributed by atoms with Crippen LogP contribution in [-0.4, -0.2) is 22.4 Å². The lowest BCUT2D eigenvalue weighted by molar-refractivity contribution is -0.154. The Kier molecular flexibility index (Phi) is 6.92. The third-order valence-electron chi connectivity index (χ3n) is 3.65. The van der Waals surface area contributed by atoms with E-state index in [4.69, 9.17) is 4.42 Å². The zero-order valence-electron chi connectivity index (χ0n) is 13.1. The highest BCUT2D eigenvalue weighted by Crippen LogP contribution is 2.34. The van der Waals surface area contributed by atoms with Gasteiger partial charge in [0.1, 0.15) is 11.8 Å². The van der Waals surface area contributed by atoms with E-state index in [1.54, 1.807) is 0 Å². The van der Waals surface area contributed by atoms with Crippen LogP contribution in [0.2, 0.25) is 0 Å². The molecule has 0 saturated heterocycles. The first kappa shape index (κ1) is 21.3. The molecule has 1 amide bonds. The minimum absolute atomic E-state index is 0. The van der Waals surface area contributed by atoms with E-state index in [1.807, 2.05) is 0 Å². The van der Waals surface area contributed by atoms with Crippen LogP contribution in [0.1, 0.15) is 34.5 Å². The highest BCUT2D eigenvalue weighted by atomic mass is 35.5. The Morgan fingerprint density at radius 2 is 2.16 bits per heavy atom. The van der Waals surface area contributed by atoms with Crippen molar-refractivity contribution in [1.29, 1.82) is 0 Å². The molecule has 1 aliphatic rings. The minimum atomic E-state index is -4.59. The molecule has 1 unspecified atom stereocenters. The van der Waals surface area contributed by atoms with Crippen LogP contribution in [0.4, 0.5) is 13.2 Å². The fraction of sp³-hybridized carbons (Fsp3) is 0.429. The summed E-state index contributed by atoms with van der Waals surface area (Å²) in [6, 6.07) is 0.601. The average molecular weight is 401 g/mol. The first-order valence-corrected chi connectivity index (χ1v) is 7.06. The Labute approximate surface area is 153 Å². The number of amides is 1. The summed E-state index contributed by atoms with van der Waals surface area (Å²) in [5.41, 5.74) is 1.34. The smallest absolute Gasteiger partial charge is 0.449 e. The molecule has 2 aromatic heterocycles. The second-order valence-corrected chi connectivity index (χ2v) is 5.33. The van der Waals surface area contributed by atoms with Crippen molar-refractivity contribution in [3.63, 3.8) is 0 Å². The third kappa shape index (κ3) is 4.47. The largest absolute Gasteiger partial charge is 0.456 e. The van der Waals surface area contributed by atoms with Gasteiger partial charge in [0.15, 0.2) is 0 Å². The molecule has 0 spiro atoms. The summed E-state index contributed by atoms with van der Waals surface area (Å²) in [5.74, 6) is -1.36. The van der Waals surface area contributed by atoms with E-state index in [2.05, 4.69) is 20.6 Å². The summed E-state index contributed by atoms with van der Waals surface area (Å²) in [6.45, 7) is 1.76. The fourth-order valence-corrected chi connectivity index (χ4v) is 2.66. The molecule has 0 bridgehead atoms. The van der Waals surface area contributed by atoms with Crippen molar-refractivity contribution >= 4 is 30.7 Å². The van der Waals surface area contributed by atoms with Crippen molar-refractivity contribution in [1.82, 2.24) is 20.6 Å². The molecule has 0 aliphatic carbocycles. The van der Waals surface area contributed by atoms with Crippen LogP contribution in [0.5, 0.6) is 0 Å². The number of imidazole rings is 1. The Bertz CT molecular complexity index is 730. The van der Waals surface area contributed by atoms with Crippen molar-refractivity contribution in [3.8, 4) is 0 Å². The molecule has 1 aliphatic heterocycles. The molecule has 11 heteroatoms. The minimum Gasteiger partial charge on any atom is -0.456 e. The van der Waals surface area contributed by atoms with Gasteiger partial charge in [0.25, 0.3) is 0 Å². The van der Waals surface area contributed by atoms with Gasteiger partial charge in [-0.3, -0.25) is 4.79 Å². The molecular formula is C14H17Cl2F3N4O2. The maximum absolute atomic E-state index is 12.9. The summed E-state index contributed by atoms with van der Waals surface area (Å²) < 4.78 is 43.3.